The number of nitrogens with zero attached hydrogens (tertiary/aromatic N) is 2. The fourth-order valence-electron chi connectivity index (χ4n) is 2.86. The van der Waals surface area contributed by atoms with Gasteiger partial charge in [-0.25, -0.2) is 0 Å². The third kappa shape index (κ3) is 6.13. The van der Waals surface area contributed by atoms with Crippen LogP contribution in [0.1, 0.15) is 38.2 Å². The summed E-state index contributed by atoms with van der Waals surface area (Å²) in [5.74, 6) is 1.05. The lowest BCUT2D eigenvalue weighted by Gasteiger charge is -2.32. The molecule has 7 heteroatoms. The van der Waals surface area contributed by atoms with E-state index in [9.17, 15) is 4.79 Å². The Kier molecular flexibility index (Phi) is 7.52. The topological polar surface area (TPSA) is 82.8 Å². The number of amides is 1. The molecule has 2 heterocycles. The Bertz CT molecular complexity index is 523. The standard InChI is InChI=1S/C17H29N5OS/c1-3-19-17(20-10-13(2)14-6-9-24-12-14)21-15-4-7-22(8-5-15)11-16(18)23/h6,9,12-13,15H,3-5,7-8,10-11H2,1-2H3,(H2,18,23)(H2,19,20,21). The number of guanidine groups is 1. The van der Waals surface area contributed by atoms with E-state index < -0.39 is 0 Å². The summed E-state index contributed by atoms with van der Waals surface area (Å²) in [6.45, 7) is 8.05. The highest BCUT2D eigenvalue weighted by Gasteiger charge is 2.20. The number of aliphatic imine (C=N–C) groups is 1. The van der Waals surface area contributed by atoms with E-state index in [-0.39, 0.29) is 5.91 Å². The molecule has 0 bridgehead atoms. The molecule has 4 N–H and O–H groups in total. The molecule has 2 rings (SSSR count). The molecule has 1 aliphatic rings. The van der Waals surface area contributed by atoms with Crippen molar-refractivity contribution in [3.8, 4) is 0 Å². The number of likely N-dealkylation sites (tertiary alicyclic amines) is 1. The SMILES string of the molecule is CCNC(=NCC(C)c1ccsc1)NC1CCN(CC(N)=O)CC1. The number of rotatable bonds is 7. The Morgan fingerprint density at radius 1 is 1.50 bits per heavy atom. The molecule has 0 radical (unpaired) electrons. The van der Waals surface area contributed by atoms with Crippen molar-refractivity contribution in [2.75, 3.05) is 32.7 Å². The van der Waals surface area contributed by atoms with Crippen LogP contribution in [0.5, 0.6) is 0 Å². The minimum atomic E-state index is -0.251. The number of carbonyl (C=O) groups is 1. The summed E-state index contributed by atoms with van der Waals surface area (Å²) >= 11 is 1.73. The molecule has 134 valence electrons. The fourth-order valence-corrected chi connectivity index (χ4v) is 3.64. The number of nitrogens with one attached hydrogen (secondary N) is 2. The monoisotopic (exact) mass is 351 g/mol. The van der Waals surface area contributed by atoms with Gasteiger partial charge in [0.05, 0.1) is 6.54 Å². The Balaban J connectivity index is 1.82. The van der Waals surface area contributed by atoms with Crippen molar-refractivity contribution in [3.63, 3.8) is 0 Å². The van der Waals surface area contributed by atoms with Crippen LogP contribution in [-0.4, -0.2) is 55.5 Å². The van der Waals surface area contributed by atoms with Crippen LogP contribution in [0.3, 0.4) is 0 Å². The van der Waals surface area contributed by atoms with Crippen LogP contribution in [-0.2, 0) is 4.79 Å². The van der Waals surface area contributed by atoms with E-state index in [4.69, 9.17) is 10.7 Å². The van der Waals surface area contributed by atoms with Crippen LogP contribution in [0.15, 0.2) is 21.8 Å². The molecule has 1 aromatic heterocycles. The van der Waals surface area contributed by atoms with Crippen LogP contribution in [0, 0.1) is 0 Å². The molecular weight excluding hydrogens is 322 g/mol. The van der Waals surface area contributed by atoms with Gasteiger partial charge in [-0.15, -0.1) is 0 Å². The van der Waals surface area contributed by atoms with Crippen LogP contribution < -0.4 is 16.4 Å². The minimum absolute atomic E-state index is 0.251. The fraction of sp³-hybridized carbons (Fsp3) is 0.647. The van der Waals surface area contributed by atoms with Gasteiger partial charge in [0.15, 0.2) is 5.96 Å². The predicted molar refractivity (Wildman–Crippen MR) is 101 cm³/mol. The van der Waals surface area contributed by atoms with E-state index in [2.05, 4.69) is 46.2 Å². The van der Waals surface area contributed by atoms with Crippen molar-refractivity contribution in [2.24, 2.45) is 10.7 Å². The van der Waals surface area contributed by atoms with Gasteiger partial charge in [-0.3, -0.25) is 14.7 Å². The second-order valence-electron chi connectivity index (χ2n) is 6.34. The van der Waals surface area contributed by atoms with Crippen molar-refractivity contribution >= 4 is 23.2 Å². The summed E-state index contributed by atoms with van der Waals surface area (Å²) < 4.78 is 0. The van der Waals surface area contributed by atoms with Crippen LogP contribution in [0.4, 0.5) is 0 Å². The van der Waals surface area contributed by atoms with Gasteiger partial charge >= 0.3 is 0 Å². The van der Waals surface area contributed by atoms with Gasteiger partial charge in [0.25, 0.3) is 0 Å². The second kappa shape index (κ2) is 9.64. The maximum Gasteiger partial charge on any atom is 0.231 e. The Labute approximate surface area is 148 Å². The van der Waals surface area contributed by atoms with E-state index in [1.165, 1.54) is 5.56 Å². The molecule has 6 nitrogen and oxygen atoms in total. The molecule has 0 aliphatic carbocycles. The third-order valence-corrected chi connectivity index (χ3v) is 4.99. The molecule has 0 spiro atoms. The molecule has 1 amide bonds. The van der Waals surface area contributed by atoms with E-state index in [1.54, 1.807) is 11.3 Å². The van der Waals surface area contributed by atoms with Gasteiger partial charge < -0.3 is 16.4 Å². The first-order valence-corrected chi connectivity index (χ1v) is 9.60. The maximum absolute atomic E-state index is 11.0. The van der Waals surface area contributed by atoms with E-state index in [1.807, 2.05) is 0 Å². The average molecular weight is 352 g/mol. The largest absolute Gasteiger partial charge is 0.369 e. The zero-order chi connectivity index (χ0) is 17.4. The number of carbonyl (C=O) groups excluding carboxylic acids is 1. The lowest BCUT2D eigenvalue weighted by Crippen LogP contribution is -2.49. The summed E-state index contributed by atoms with van der Waals surface area (Å²) in [4.78, 5) is 17.9. The number of hydrogen-bond donors (Lipinski definition) is 3. The molecular formula is C17H29N5OS. The molecule has 1 unspecified atom stereocenters. The molecule has 1 aromatic rings. The summed E-state index contributed by atoms with van der Waals surface area (Å²) in [6, 6.07) is 2.56. The molecule has 1 saturated heterocycles. The average Bonchev–Trinajstić information content (AvgIpc) is 3.08. The number of hydrogen-bond acceptors (Lipinski definition) is 4. The highest BCUT2D eigenvalue weighted by Crippen LogP contribution is 2.18. The van der Waals surface area contributed by atoms with E-state index in [0.717, 1.165) is 45.0 Å². The van der Waals surface area contributed by atoms with E-state index >= 15 is 0 Å². The highest BCUT2D eigenvalue weighted by molar-refractivity contribution is 7.07. The first-order valence-electron chi connectivity index (χ1n) is 8.66. The van der Waals surface area contributed by atoms with Crippen molar-refractivity contribution < 1.29 is 4.79 Å². The first kappa shape index (κ1) is 18.7. The molecule has 24 heavy (non-hydrogen) atoms. The molecule has 0 aromatic carbocycles. The van der Waals surface area contributed by atoms with Crippen molar-refractivity contribution in [1.82, 2.24) is 15.5 Å². The number of nitrogens with two attached hydrogens (primary N) is 1. The van der Waals surface area contributed by atoms with Crippen molar-refractivity contribution in [1.29, 1.82) is 0 Å². The first-order chi connectivity index (χ1) is 11.6. The Morgan fingerprint density at radius 2 is 2.25 bits per heavy atom. The third-order valence-electron chi connectivity index (χ3n) is 4.29. The molecule has 1 aliphatic heterocycles. The summed E-state index contributed by atoms with van der Waals surface area (Å²) in [5, 5.41) is 11.2. The Hall–Kier alpha value is -1.60. The lowest BCUT2D eigenvalue weighted by molar-refractivity contribution is -0.119. The zero-order valence-electron chi connectivity index (χ0n) is 14.6. The van der Waals surface area contributed by atoms with Crippen LogP contribution in [0.25, 0.3) is 0 Å². The maximum atomic E-state index is 11.0. The molecule has 1 fully saturated rings. The smallest absolute Gasteiger partial charge is 0.231 e. The zero-order valence-corrected chi connectivity index (χ0v) is 15.4. The quantitative estimate of drug-likeness (QED) is 0.512. The predicted octanol–water partition coefficient (Wildman–Crippen LogP) is 1.36. The van der Waals surface area contributed by atoms with Gasteiger partial charge in [-0.05, 0) is 42.2 Å². The lowest BCUT2D eigenvalue weighted by atomic mass is 10.1. The highest BCUT2D eigenvalue weighted by atomic mass is 32.1. The van der Waals surface area contributed by atoms with Crippen molar-refractivity contribution in [3.05, 3.63) is 22.4 Å². The number of piperidine rings is 1. The van der Waals surface area contributed by atoms with Gasteiger partial charge in [-0.2, -0.15) is 11.3 Å². The van der Waals surface area contributed by atoms with Crippen molar-refractivity contribution in [2.45, 2.75) is 38.6 Å². The van der Waals surface area contributed by atoms with Gasteiger partial charge in [0, 0.05) is 38.1 Å². The number of thiophene rings is 1. The van der Waals surface area contributed by atoms with Gasteiger partial charge in [0.2, 0.25) is 5.91 Å². The van der Waals surface area contributed by atoms with Gasteiger partial charge in [0.1, 0.15) is 0 Å². The Morgan fingerprint density at radius 3 is 2.83 bits per heavy atom. The summed E-state index contributed by atoms with van der Waals surface area (Å²) in [7, 11) is 0. The van der Waals surface area contributed by atoms with E-state index in [0.29, 0.717) is 18.5 Å². The molecule has 1 atom stereocenters. The van der Waals surface area contributed by atoms with Gasteiger partial charge in [-0.1, -0.05) is 6.92 Å². The normalized spacial score (nSPS) is 18.3. The second-order valence-corrected chi connectivity index (χ2v) is 7.12. The van der Waals surface area contributed by atoms with Crippen LogP contribution in [0.2, 0.25) is 0 Å². The number of primary amides is 1. The summed E-state index contributed by atoms with van der Waals surface area (Å²) in [6.07, 6.45) is 2.00. The summed E-state index contributed by atoms with van der Waals surface area (Å²) in [5.41, 5.74) is 6.61. The molecule has 0 saturated carbocycles. The minimum Gasteiger partial charge on any atom is -0.369 e. The van der Waals surface area contributed by atoms with Crippen LogP contribution >= 0.6 is 11.3 Å².